The van der Waals surface area contributed by atoms with E-state index in [1.165, 1.54) is 6.07 Å². The zero-order chi connectivity index (χ0) is 13.3. The molecule has 1 saturated heterocycles. The van der Waals surface area contributed by atoms with E-state index in [0.29, 0.717) is 30.4 Å². The van der Waals surface area contributed by atoms with Gasteiger partial charge in [-0.05, 0) is 47.0 Å². The third kappa shape index (κ3) is 2.98. The van der Waals surface area contributed by atoms with Crippen LogP contribution in [0.5, 0.6) is 0 Å². The van der Waals surface area contributed by atoms with Gasteiger partial charge in [0.05, 0.1) is 17.4 Å². The Bertz CT molecular complexity index is 428. The first-order chi connectivity index (χ1) is 8.38. The van der Waals surface area contributed by atoms with Crippen molar-refractivity contribution in [1.82, 2.24) is 0 Å². The minimum Gasteiger partial charge on any atom is -0.393 e. The molecule has 2 nitrogen and oxygen atoms in total. The van der Waals surface area contributed by atoms with Gasteiger partial charge in [0.2, 0.25) is 0 Å². The lowest BCUT2D eigenvalue weighted by Gasteiger charge is -2.32. The van der Waals surface area contributed by atoms with Gasteiger partial charge in [0.1, 0.15) is 0 Å². The molecule has 0 bridgehead atoms. The molecule has 0 aliphatic carbocycles. The molecule has 0 saturated carbocycles. The summed E-state index contributed by atoms with van der Waals surface area (Å²) < 4.78 is 38.0. The summed E-state index contributed by atoms with van der Waals surface area (Å²) in [5, 5.41) is 9.41. The van der Waals surface area contributed by atoms with Gasteiger partial charge in [0, 0.05) is 17.6 Å². The first-order valence-corrected chi connectivity index (χ1v) is 6.47. The Morgan fingerprint density at radius 3 is 2.33 bits per heavy atom. The highest BCUT2D eigenvalue weighted by Crippen LogP contribution is 2.36. The number of nitrogens with zero attached hydrogens (tertiary/aromatic N) is 1. The molecule has 0 aromatic heterocycles. The van der Waals surface area contributed by atoms with Gasteiger partial charge in [0.15, 0.2) is 0 Å². The van der Waals surface area contributed by atoms with Gasteiger partial charge in [-0.1, -0.05) is 0 Å². The maximum absolute atomic E-state index is 12.5. The average Bonchev–Trinajstić information content (AvgIpc) is 2.29. The molecular weight excluding hydrogens is 311 g/mol. The van der Waals surface area contributed by atoms with Crippen LogP contribution in [0.3, 0.4) is 0 Å². The van der Waals surface area contributed by atoms with Crippen LogP contribution in [-0.4, -0.2) is 24.3 Å². The van der Waals surface area contributed by atoms with Crippen molar-refractivity contribution in [2.24, 2.45) is 0 Å². The molecule has 1 fully saturated rings. The van der Waals surface area contributed by atoms with Crippen molar-refractivity contribution < 1.29 is 18.3 Å². The standard InChI is InChI=1S/C12H13BrF3NO/c13-10-7-8(12(14,15)16)1-2-11(10)17-5-3-9(18)4-6-17/h1-2,7,9,18H,3-6H2. The second-order valence-electron chi connectivity index (χ2n) is 4.38. The Morgan fingerprint density at radius 2 is 1.83 bits per heavy atom. The largest absolute Gasteiger partial charge is 0.416 e. The highest BCUT2D eigenvalue weighted by atomic mass is 79.9. The summed E-state index contributed by atoms with van der Waals surface area (Å²) in [4.78, 5) is 1.98. The minimum absolute atomic E-state index is 0.297. The SMILES string of the molecule is OC1CCN(c2ccc(C(F)(F)F)cc2Br)CC1. The average molecular weight is 324 g/mol. The molecule has 1 heterocycles. The van der Waals surface area contributed by atoms with Gasteiger partial charge in [-0.2, -0.15) is 13.2 Å². The molecule has 1 aliphatic heterocycles. The van der Waals surface area contributed by atoms with E-state index in [9.17, 15) is 18.3 Å². The zero-order valence-corrected chi connectivity index (χ0v) is 11.1. The van der Waals surface area contributed by atoms with Crippen molar-refractivity contribution in [2.75, 3.05) is 18.0 Å². The fourth-order valence-electron chi connectivity index (χ4n) is 2.05. The van der Waals surface area contributed by atoms with Crippen LogP contribution in [0.15, 0.2) is 22.7 Å². The van der Waals surface area contributed by atoms with Crippen LogP contribution in [0.4, 0.5) is 18.9 Å². The molecule has 1 aromatic rings. The monoisotopic (exact) mass is 323 g/mol. The van der Waals surface area contributed by atoms with Crippen molar-refractivity contribution in [3.8, 4) is 0 Å². The molecule has 100 valence electrons. The number of aliphatic hydroxyl groups is 1. The highest BCUT2D eigenvalue weighted by molar-refractivity contribution is 9.10. The molecule has 1 aliphatic rings. The second-order valence-corrected chi connectivity index (χ2v) is 5.24. The topological polar surface area (TPSA) is 23.5 Å². The summed E-state index contributed by atoms with van der Waals surface area (Å²) in [6.45, 7) is 1.32. The Kier molecular flexibility index (Phi) is 3.87. The van der Waals surface area contributed by atoms with Crippen molar-refractivity contribution in [1.29, 1.82) is 0 Å². The van der Waals surface area contributed by atoms with Gasteiger partial charge in [-0.3, -0.25) is 0 Å². The zero-order valence-electron chi connectivity index (χ0n) is 9.54. The van der Waals surface area contributed by atoms with E-state index in [2.05, 4.69) is 15.9 Å². The third-order valence-corrected chi connectivity index (χ3v) is 3.72. The molecular formula is C12H13BrF3NO. The molecule has 0 spiro atoms. The first-order valence-electron chi connectivity index (χ1n) is 5.67. The fourth-order valence-corrected chi connectivity index (χ4v) is 2.68. The molecule has 0 unspecified atom stereocenters. The van der Waals surface area contributed by atoms with Gasteiger partial charge in [-0.15, -0.1) is 0 Å². The predicted molar refractivity (Wildman–Crippen MR) is 66.6 cm³/mol. The Labute approximate surface area is 112 Å². The summed E-state index contributed by atoms with van der Waals surface area (Å²) in [7, 11) is 0. The molecule has 0 radical (unpaired) electrons. The number of aliphatic hydroxyl groups excluding tert-OH is 1. The smallest absolute Gasteiger partial charge is 0.393 e. The second kappa shape index (κ2) is 5.09. The number of piperidine rings is 1. The maximum Gasteiger partial charge on any atom is 0.416 e. The van der Waals surface area contributed by atoms with E-state index in [4.69, 9.17) is 0 Å². The number of benzene rings is 1. The van der Waals surface area contributed by atoms with Crippen LogP contribution in [0.25, 0.3) is 0 Å². The molecule has 0 atom stereocenters. The lowest BCUT2D eigenvalue weighted by molar-refractivity contribution is -0.137. The normalized spacial score (nSPS) is 18.2. The number of anilines is 1. The summed E-state index contributed by atoms with van der Waals surface area (Å²) in [6.07, 6.45) is -3.32. The Hall–Kier alpha value is -0.750. The van der Waals surface area contributed by atoms with E-state index in [1.807, 2.05) is 4.90 Å². The summed E-state index contributed by atoms with van der Waals surface area (Å²) >= 11 is 3.19. The van der Waals surface area contributed by atoms with E-state index in [0.717, 1.165) is 17.8 Å². The highest BCUT2D eigenvalue weighted by Gasteiger charge is 2.31. The molecule has 2 rings (SSSR count). The van der Waals surface area contributed by atoms with Crippen molar-refractivity contribution in [3.63, 3.8) is 0 Å². The number of hydrogen-bond donors (Lipinski definition) is 1. The number of halogens is 4. The summed E-state index contributed by atoms with van der Waals surface area (Å²) in [5.74, 6) is 0. The van der Waals surface area contributed by atoms with Crippen LogP contribution in [0.2, 0.25) is 0 Å². The molecule has 18 heavy (non-hydrogen) atoms. The first kappa shape index (κ1) is 13.7. The van der Waals surface area contributed by atoms with Gasteiger partial charge in [-0.25, -0.2) is 0 Å². The van der Waals surface area contributed by atoms with Gasteiger partial charge >= 0.3 is 6.18 Å². The van der Waals surface area contributed by atoms with E-state index < -0.39 is 11.7 Å². The summed E-state index contributed by atoms with van der Waals surface area (Å²) in [5.41, 5.74) is 0.0880. The molecule has 6 heteroatoms. The van der Waals surface area contributed by atoms with Crippen LogP contribution < -0.4 is 4.90 Å². The van der Waals surface area contributed by atoms with Crippen molar-refractivity contribution >= 4 is 21.6 Å². The Balaban J connectivity index is 2.20. The van der Waals surface area contributed by atoms with E-state index in [-0.39, 0.29) is 6.10 Å². The van der Waals surface area contributed by atoms with Crippen molar-refractivity contribution in [3.05, 3.63) is 28.2 Å². The van der Waals surface area contributed by atoms with Crippen LogP contribution >= 0.6 is 15.9 Å². The number of alkyl halides is 3. The fraction of sp³-hybridized carbons (Fsp3) is 0.500. The number of hydrogen-bond acceptors (Lipinski definition) is 2. The van der Waals surface area contributed by atoms with Crippen molar-refractivity contribution in [2.45, 2.75) is 25.1 Å². The van der Waals surface area contributed by atoms with E-state index in [1.54, 1.807) is 0 Å². The summed E-state index contributed by atoms with van der Waals surface area (Å²) in [6, 6.07) is 3.66. The van der Waals surface area contributed by atoms with Crippen LogP contribution in [0, 0.1) is 0 Å². The minimum atomic E-state index is -4.32. The lowest BCUT2D eigenvalue weighted by atomic mass is 10.1. The van der Waals surface area contributed by atoms with Crippen LogP contribution in [-0.2, 0) is 6.18 Å². The quantitative estimate of drug-likeness (QED) is 0.856. The maximum atomic E-state index is 12.5. The Morgan fingerprint density at radius 1 is 1.22 bits per heavy atom. The number of rotatable bonds is 1. The van der Waals surface area contributed by atoms with Gasteiger partial charge < -0.3 is 10.0 Å². The van der Waals surface area contributed by atoms with E-state index >= 15 is 0 Å². The third-order valence-electron chi connectivity index (χ3n) is 3.08. The molecule has 1 aromatic carbocycles. The molecule has 1 N–H and O–H groups in total. The predicted octanol–water partition coefficient (Wildman–Crippen LogP) is 3.43. The lowest BCUT2D eigenvalue weighted by Crippen LogP contribution is -2.36. The van der Waals surface area contributed by atoms with Crippen LogP contribution in [0.1, 0.15) is 18.4 Å². The van der Waals surface area contributed by atoms with Gasteiger partial charge in [0.25, 0.3) is 0 Å². The molecule has 0 amide bonds.